The second-order valence-corrected chi connectivity index (χ2v) is 4.11. The third-order valence-corrected chi connectivity index (χ3v) is 2.55. The molecule has 0 heterocycles. The van der Waals surface area contributed by atoms with Crippen molar-refractivity contribution >= 4 is 11.4 Å². The zero-order valence-corrected chi connectivity index (χ0v) is 9.97. The van der Waals surface area contributed by atoms with Gasteiger partial charge in [0.2, 0.25) is 0 Å². The van der Waals surface area contributed by atoms with E-state index < -0.39 is 0 Å². The maximum absolute atomic E-state index is 11.8. The van der Waals surface area contributed by atoms with Crippen molar-refractivity contribution in [1.82, 2.24) is 0 Å². The lowest BCUT2D eigenvalue weighted by Crippen LogP contribution is -2.22. The summed E-state index contributed by atoms with van der Waals surface area (Å²) in [6.45, 7) is 4.01. The summed E-state index contributed by atoms with van der Waals surface area (Å²) >= 11 is 0. The predicted octanol–water partition coefficient (Wildman–Crippen LogP) is 3.63. The van der Waals surface area contributed by atoms with Crippen molar-refractivity contribution < 1.29 is 0 Å². The lowest BCUT2D eigenvalue weighted by Gasteiger charge is -2.31. The molecule has 0 atom stereocenters. The zero-order chi connectivity index (χ0) is 12.3. The smallest absolute Gasteiger partial charge is 0.0533 e. The van der Waals surface area contributed by atoms with Crippen LogP contribution in [-0.2, 0) is 0 Å². The molecule has 88 valence electrons. The van der Waals surface area contributed by atoms with Gasteiger partial charge in [0, 0.05) is 5.69 Å². The first-order valence-corrected chi connectivity index (χ1v) is 5.52. The highest BCUT2D eigenvalue weighted by atomic mass is 16.5. The third kappa shape index (κ3) is 2.98. The van der Waals surface area contributed by atoms with Crippen molar-refractivity contribution in [2.75, 3.05) is 10.6 Å². The van der Waals surface area contributed by atoms with Crippen LogP contribution in [0, 0.1) is 19.1 Å². The highest BCUT2D eigenvalue weighted by Gasteiger charge is 1.96. The molecule has 0 aliphatic heterocycles. The Kier molecular flexibility index (Phi) is 3.30. The first-order valence-electron chi connectivity index (χ1n) is 5.52. The molecule has 0 saturated heterocycles. The number of benzene rings is 2. The van der Waals surface area contributed by atoms with Crippen molar-refractivity contribution in [3.05, 3.63) is 64.9 Å². The number of anilines is 2. The van der Waals surface area contributed by atoms with Gasteiger partial charge < -0.3 is 15.8 Å². The van der Waals surface area contributed by atoms with Crippen LogP contribution < -0.4 is 10.6 Å². The van der Waals surface area contributed by atoms with E-state index in [2.05, 4.69) is 5.43 Å². The van der Waals surface area contributed by atoms with E-state index in [1.165, 1.54) is 5.56 Å². The standard InChI is InChI=1S/C14H15N2O/c1-11-3-7-13(8-4-11)15-16(17)14-9-5-12(2)6-10-14/h3-10,15H,1-2H3/q-1. The summed E-state index contributed by atoms with van der Waals surface area (Å²) in [6.07, 6.45) is 0. The molecule has 0 saturated carbocycles. The van der Waals surface area contributed by atoms with Crippen LogP contribution in [-0.4, -0.2) is 0 Å². The molecule has 0 aliphatic rings. The fourth-order valence-corrected chi connectivity index (χ4v) is 1.49. The van der Waals surface area contributed by atoms with E-state index in [0.717, 1.165) is 16.4 Å². The lowest BCUT2D eigenvalue weighted by molar-refractivity contribution is 1.16. The number of hydrogen-bond donors (Lipinski definition) is 1. The molecular formula is C14H15N2O-. The monoisotopic (exact) mass is 227 g/mol. The Labute approximate surface area is 101 Å². The van der Waals surface area contributed by atoms with Gasteiger partial charge in [-0.25, -0.2) is 0 Å². The highest BCUT2D eigenvalue weighted by Crippen LogP contribution is 2.16. The summed E-state index contributed by atoms with van der Waals surface area (Å²) in [5.74, 6) is 0. The first-order chi connectivity index (χ1) is 8.15. The van der Waals surface area contributed by atoms with E-state index in [1.54, 1.807) is 12.1 Å². The third-order valence-electron chi connectivity index (χ3n) is 2.55. The molecule has 2 rings (SSSR count). The summed E-state index contributed by atoms with van der Waals surface area (Å²) < 4.78 is 0. The van der Waals surface area contributed by atoms with E-state index in [-0.39, 0.29) is 0 Å². The second kappa shape index (κ2) is 4.89. The van der Waals surface area contributed by atoms with Crippen LogP contribution in [0.5, 0.6) is 0 Å². The molecule has 0 amide bonds. The number of aryl methyl sites for hydroxylation is 2. The molecule has 0 fully saturated rings. The number of nitrogens with one attached hydrogen (secondary N) is 1. The van der Waals surface area contributed by atoms with E-state index in [1.807, 2.05) is 50.2 Å². The summed E-state index contributed by atoms with van der Waals surface area (Å²) in [5, 5.41) is 12.6. The molecule has 0 spiro atoms. The van der Waals surface area contributed by atoms with E-state index in [4.69, 9.17) is 0 Å². The number of nitrogens with zero attached hydrogens (tertiary/aromatic N) is 1. The van der Waals surface area contributed by atoms with Gasteiger partial charge in [0.25, 0.3) is 0 Å². The van der Waals surface area contributed by atoms with Crippen molar-refractivity contribution in [3.63, 3.8) is 0 Å². The average Bonchev–Trinajstić information content (AvgIpc) is 2.33. The Balaban J connectivity index is 2.08. The van der Waals surface area contributed by atoms with Gasteiger partial charge in [0.1, 0.15) is 0 Å². The van der Waals surface area contributed by atoms with Crippen LogP contribution >= 0.6 is 0 Å². The number of hydrazine groups is 1. The molecule has 0 aromatic heterocycles. The van der Waals surface area contributed by atoms with Crippen LogP contribution in [0.2, 0.25) is 0 Å². The van der Waals surface area contributed by atoms with Gasteiger partial charge in [-0.2, -0.15) is 0 Å². The average molecular weight is 227 g/mol. The minimum Gasteiger partial charge on any atom is -0.739 e. The van der Waals surface area contributed by atoms with E-state index in [0.29, 0.717) is 5.69 Å². The summed E-state index contributed by atoms with van der Waals surface area (Å²) in [7, 11) is 0. The molecule has 2 aromatic carbocycles. The molecule has 3 heteroatoms. The van der Waals surface area contributed by atoms with Crippen molar-refractivity contribution in [3.8, 4) is 0 Å². The normalized spacial score (nSPS) is 10.1. The molecular weight excluding hydrogens is 212 g/mol. The molecule has 0 bridgehead atoms. The van der Waals surface area contributed by atoms with Crippen LogP contribution in [0.3, 0.4) is 0 Å². The Hall–Kier alpha value is -2.00. The van der Waals surface area contributed by atoms with Gasteiger partial charge in [-0.05, 0) is 38.1 Å². The van der Waals surface area contributed by atoms with Crippen LogP contribution in [0.25, 0.3) is 0 Å². The van der Waals surface area contributed by atoms with Gasteiger partial charge in [-0.3, -0.25) is 0 Å². The molecule has 3 nitrogen and oxygen atoms in total. The lowest BCUT2D eigenvalue weighted by atomic mass is 10.2. The Morgan fingerprint density at radius 2 is 1.29 bits per heavy atom. The highest BCUT2D eigenvalue weighted by molar-refractivity contribution is 5.56. The topological polar surface area (TPSA) is 38.3 Å². The van der Waals surface area contributed by atoms with Crippen LogP contribution in [0.4, 0.5) is 11.4 Å². The first kappa shape index (κ1) is 11.5. The summed E-state index contributed by atoms with van der Waals surface area (Å²) in [4.78, 5) is 0. The Morgan fingerprint density at radius 3 is 1.82 bits per heavy atom. The summed E-state index contributed by atoms with van der Waals surface area (Å²) in [5.41, 5.74) is 6.47. The maximum atomic E-state index is 11.8. The van der Waals surface area contributed by atoms with Gasteiger partial charge in [-0.1, -0.05) is 35.4 Å². The van der Waals surface area contributed by atoms with Gasteiger partial charge in [-0.15, -0.1) is 0 Å². The fraction of sp³-hybridized carbons (Fsp3) is 0.143. The van der Waals surface area contributed by atoms with E-state index >= 15 is 0 Å². The molecule has 2 aromatic rings. The van der Waals surface area contributed by atoms with E-state index in [9.17, 15) is 5.21 Å². The van der Waals surface area contributed by atoms with Crippen molar-refractivity contribution in [1.29, 1.82) is 0 Å². The Bertz CT molecular complexity index is 477. The van der Waals surface area contributed by atoms with Crippen molar-refractivity contribution in [2.45, 2.75) is 13.8 Å². The summed E-state index contributed by atoms with van der Waals surface area (Å²) in [6, 6.07) is 15.1. The van der Waals surface area contributed by atoms with Gasteiger partial charge in [0.05, 0.1) is 5.69 Å². The van der Waals surface area contributed by atoms with Crippen LogP contribution in [0.1, 0.15) is 11.1 Å². The second-order valence-electron chi connectivity index (χ2n) is 4.11. The molecule has 1 N–H and O–H groups in total. The number of hydrogen-bond acceptors (Lipinski definition) is 3. The number of rotatable bonds is 3. The molecule has 0 aliphatic carbocycles. The SMILES string of the molecule is Cc1ccc(NN([O-])c2ccc(C)cc2)cc1. The van der Waals surface area contributed by atoms with Gasteiger partial charge in [0.15, 0.2) is 0 Å². The molecule has 17 heavy (non-hydrogen) atoms. The van der Waals surface area contributed by atoms with Gasteiger partial charge >= 0.3 is 0 Å². The molecule has 0 unspecified atom stereocenters. The van der Waals surface area contributed by atoms with Crippen molar-refractivity contribution in [2.24, 2.45) is 0 Å². The zero-order valence-electron chi connectivity index (χ0n) is 9.97. The largest absolute Gasteiger partial charge is 0.739 e. The fourth-order valence-electron chi connectivity index (χ4n) is 1.49. The Morgan fingerprint density at radius 1 is 0.824 bits per heavy atom. The minimum atomic E-state index is 0.594. The quantitative estimate of drug-likeness (QED) is 0.813. The molecule has 0 radical (unpaired) electrons. The maximum Gasteiger partial charge on any atom is 0.0533 e. The minimum absolute atomic E-state index is 0.594. The predicted molar refractivity (Wildman–Crippen MR) is 71.8 cm³/mol. The van der Waals surface area contributed by atoms with Crippen LogP contribution in [0.15, 0.2) is 48.5 Å².